The van der Waals surface area contributed by atoms with Crippen molar-refractivity contribution in [1.82, 2.24) is 0 Å². The Labute approximate surface area is 95.1 Å². The van der Waals surface area contributed by atoms with Crippen molar-refractivity contribution in [2.24, 2.45) is 0 Å². The summed E-state index contributed by atoms with van der Waals surface area (Å²) in [4.78, 5) is 8.56. The van der Waals surface area contributed by atoms with Gasteiger partial charge in [-0.25, -0.2) is 4.79 Å². The molecule has 0 heterocycles. The van der Waals surface area contributed by atoms with Gasteiger partial charge in [0, 0.05) is 17.1 Å². The Morgan fingerprint density at radius 3 is 1.09 bits per heavy atom. The third-order valence-corrected chi connectivity index (χ3v) is 0. The summed E-state index contributed by atoms with van der Waals surface area (Å²) in [5.74, 6) is 0. The molecular formula is CH5MnNaO7S. The summed E-state index contributed by atoms with van der Waals surface area (Å²) < 4.78 is 31.6. The summed E-state index contributed by atoms with van der Waals surface area (Å²) in [5.41, 5.74) is 0. The molecule has 0 spiro atoms. The van der Waals surface area contributed by atoms with Crippen molar-refractivity contribution >= 4 is 46.1 Å². The van der Waals surface area contributed by atoms with Crippen molar-refractivity contribution in [3.05, 3.63) is 0 Å². The van der Waals surface area contributed by atoms with E-state index in [2.05, 4.69) is 0 Å². The van der Waals surface area contributed by atoms with Crippen LogP contribution in [-0.2, 0) is 27.5 Å². The Hall–Kier alpha value is 0.659. The summed E-state index contributed by atoms with van der Waals surface area (Å²) in [6.07, 6.45) is -1.83. The number of carbonyl (C=O) groups is 1. The van der Waals surface area contributed by atoms with Crippen LogP contribution in [0.4, 0.5) is 4.79 Å². The topological polar surface area (TPSA) is 132 Å². The van der Waals surface area contributed by atoms with Gasteiger partial charge >= 0.3 is 46.1 Å². The SMILES string of the molecule is O=C(O)O.O=S(=O)(O)O.[Mn].[NaH]. The summed E-state index contributed by atoms with van der Waals surface area (Å²) in [5, 5.41) is 13.9. The molecule has 0 saturated heterocycles. The molecule has 0 fully saturated rings. The molecule has 0 aliphatic carbocycles. The van der Waals surface area contributed by atoms with Crippen LogP contribution >= 0.6 is 0 Å². The van der Waals surface area contributed by atoms with Crippen LogP contribution in [-0.4, -0.2) is 63.4 Å². The van der Waals surface area contributed by atoms with Crippen LogP contribution in [0.25, 0.3) is 0 Å². The van der Waals surface area contributed by atoms with Gasteiger partial charge in [-0.15, -0.1) is 0 Å². The third kappa shape index (κ3) is 1840. The fraction of sp³-hybridized carbons (Fsp3) is 0. The molecule has 0 atom stereocenters. The molecule has 0 rings (SSSR count). The van der Waals surface area contributed by atoms with Gasteiger partial charge < -0.3 is 10.2 Å². The Morgan fingerprint density at radius 1 is 1.09 bits per heavy atom. The van der Waals surface area contributed by atoms with E-state index in [1.54, 1.807) is 0 Å². The molecule has 65 valence electrons. The van der Waals surface area contributed by atoms with Gasteiger partial charge in [-0.1, -0.05) is 0 Å². The number of carboxylic acid groups (broad SMARTS) is 2. The van der Waals surface area contributed by atoms with E-state index in [9.17, 15) is 0 Å². The van der Waals surface area contributed by atoms with E-state index in [4.69, 9.17) is 32.5 Å². The summed E-state index contributed by atoms with van der Waals surface area (Å²) in [7, 11) is -4.67. The molecule has 0 aromatic carbocycles. The zero-order valence-electron chi connectivity index (χ0n) is 4.30. The monoisotopic (exact) mass is 239 g/mol. The molecule has 7 nitrogen and oxygen atoms in total. The van der Waals surface area contributed by atoms with Crippen molar-refractivity contribution in [3.63, 3.8) is 0 Å². The standard InChI is InChI=1S/CH2O3.Mn.Na.H2O4S.H/c2-1(3)4;;;1-5(2,3)4;/h(H2,2,3,4);;;(H2,1,2,3,4);. The molecule has 0 saturated carbocycles. The van der Waals surface area contributed by atoms with E-state index in [0.717, 1.165) is 0 Å². The minimum absolute atomic E-state index is 0. The van der Waals surface area contributed by atoms with E-state index in [0.29, 0.717) is 0 Å². The van der Waals surface area contributed by atoms with Gasteiger partial charge in [-0.3, -0.25) is 9.11 Å². The van der Waals surface area contributed by atoms with Crippen LogP contribution in [0.15, 0.2) is 0 Å². The predicted molar refractivity (Wildman–Crippen MR) is 32.0 cm³/mol. The molecule has 0 aliphatic heterocycles. The Morgan fingerprint density at radius 2 is 1.09 bits per heavy atom. The maximum absolute atomic E-state index is 8.74. The van der Waals surface area contributed by atoms with Gasteiger partial charge in [0.2, 0.25) is 0 Å². The summed E-state index contributed by atoms with van der Waals surface area (Å²) in [6, 6.07) is 0. The molecule has 0 aromatic rings. The van der Waals surface area contributed by atoms with Crippen molar-refractivity contribution in [2.75, 3.05) is 0 Å². The van der Waals surface area contributed by atoms with Gasteiger partial charge in [-0.2, -0.15) is 8.42 Å². The Balaban J connectivity index is -0.0000000383. The van der Waals surface area contributed by atoms with Crippen LogP contribution in [0.3, 0.4) is 0 Å². The predicted octanol–water partition coefficient (Wildman–Crippen LogP) is -1.08. The van der Waals surface area contributed by atoms with E-state index >= 15 is 0 Å². The van der Waals surface area contributed by atoms with E-state index < -0.39 is 16.6 Å². The number of hydrogen-bond acceptors (Lipinski definition) is 3. The van der Waals surface area contributed by atoms with Crippen LogP contribution in [0.2, 0.25) is 0 Å². The quantitative estimate of drug-likeness (QED) is 0.312. The molecule has 10 heteroatoms. The molecular weight excluding hydrogens is 234 g/mol. The van der Waals surface area contributed by atoms with Gasteiger partial charge in [-0.05, 0) is 0 Å². The first kappa shape index (κ1) is 22.6. The first-order valence-corrected chi connectivity index (χ1v) is 2.75. The zero-order valence-corrected chi connectivity index (χ0v) is 6.30. The van der Waals surface area contributed by atoms with Gasteiger partial charge in [0.25, 0.3) is 0 Å². The molecule has 0 aliphatic rings. The normalized spacial score (nSPS) is 7.45. The minimum atomic E-state index is -4.67. The average Bonchev–Trinajstić information content (AvgIpc) is 1.19. The Kier molecular flexibility index (Phi) is 21.9. The second-order valence-corrected chi connectivity index (χ2v) is 1.63. The Bertz CT molecular complexity index is 161. The molecule has 0 aromatic heterocycles. The average molecular weight is 239 g/mol. The maximum atomic E-state index is 8.74. The molecule has 11 heavy (non-hydrogen) atoms. The summed E-state index contributed by atoms with van der Waals surface area (Å²) in [6.45, 7) is 0. The third-order valence-electron chi connectivity index (χ3n) is 0. The number of rotatable bonds is 0. The molecule has 0 unspecified atom stereocenters. The fourth-order valence-electron chi connectivity index (χ4n) is 0. The van der Waals surface area contributed by atoms with Crippen molar-refractivity contribution in [2.45, 2.75) is 0 Å². The van der Waals surface area contributed by atoms with Crippen molar-refractivity contribution < 1.29 is 49.6 Å². The van der Waals surface area contributed by atoms with Crippen LogP contribution in [0, 0.1) is 0 Å². The van der Waals surface area contributed by atoms with E-state index in [1.165, 1.54) is 0 Å². The second kappa shape index (κ2) is 10.7. The van der Waals surface area contributed by atoms with Gasteiger partial charge in [0.05, 0.1) is 0 Å². The van der Waals surface area contributed by atoms with Crippen molar-refractivity contribution in [1.29, 1.82) is 0 Å². The molecule has 0 amide bonds. The molecule has 0 bridgehead atoms. The second-order valence-electron chi connectivity index (χ2n) is 0.730. The van der Waals surface area contributed by atoms with Crippen LogP contribution < -0.4 is 0 Å². The first-order chi connectivity index (χ1) is 3.73. The summed E-state index contributed by atoms with van der Waals surface area (Å²) >= 11 is 0. The van der Waals surface area contributed by atoms with E-state index in [1.807, 2.05) is 0 Å². The fourth-order valence-corrected chi connectivity index (χ4v) is 0. The number of hydrogen-bond donors (Lipinski definition) is 4. The van der Waals surface area contributed by atoms with Crippen LogP contribution in [0.1, 0.15) is 0 Å². The van der Waals surface area contributed by atoms with E-state index in [-0.39, 0.29) is 46.6 Å². The molecule has 1 radical (unpaired) electrons. The zero-order chi connectivity index (χ0) is 8.08. The first-order valence-electron chi connectivity index (χ1n) is 1.35. The van der Waals surface area contributed by atoms with Gasteiger partial charge in [0.15, 0.2) is 0 Å². The van der Waals surface area contributed by atoms with Crippen LogP contribution in [0.5, 0.6) is 0 Å². The van der Waals surface area contributed by atoms with Crippen molar-refractivity contribution in [3.8, 4) is 0 Å². The van der Waals surface area contributed by atoms with Gasteiger partial charge in [0.1, 0.15) is 0 Å². The molecule has 4 N–H and O–H groups in total.